The highest BCUT2D eigenvalue weighted by molar-refractivity contribution is 5.10. The summed E-state index contributed by atoms with van der Waals surface area (Å²) in [5, 5.41) is 0. The third kappa shape index (κ3) is 0.627. The van der Waals surface area contributed by atoms with Gasteiger partial charge in [0.05, 0.1) is 0 Å². The normalized spacial score (nSPS) is 56.4. The Labute approximate surface area is 64.0 Å². The van der Waals surface area contributed by atoms with Crippen molar-refractivity contribution in [1.82, 2.24) is 0 Å². The van der Waals surface area contributed by atoms with Gasteiger partial charge in [-0.1, -0.05) is 27.7 Å². The van der Waals surface area contributed by atoms with Gasteiger partial charge in [-0.15, -0.1) is 0 Å². The maximum absolute atomic E-state index is 2.44. The van der Waals surface area contributed by atoms with E-state index in [9.17, 15) is 0 Å². The van der Waals surface area contributed by atoms with Gasteiger partial charge in [-0.2, -0.15) is 0 Å². The molecule has 0 saturated heterocycles. The Morgan fingerprint density at radius 1 is 1.20 bits per heavy atom. The summed E-state index contributed by atoms with van der Waals surface area (Å²) in [5.41, 5.74) is 0.670. The second kappa shape index (κ2) is 1.60. The van der Waals surface area contributed by atoms with Crippen molar-refractivity contribution < 1.29 is 0 Å². The van der Waals surface area contributed by atoms with Crippen LogP contribution in [0, 0.1) is 29.1 Å². The van der Waals surface area contributed by atoms with Crippen molar-refractivity contribution in [2.24, 2.45) is 29.1 Å². The van der Waals surface area contributed by atoms with Crippen molar-refractivity contribution >= 4 is 0 Å². The van der Waals surface area contributed by atoms with Crippen molar-refractivity contribution in [3.8, 4) is 0 Å². The molecule has 58 valence electrons. The van der Waals surface area contributed by atoms with Crippen LogP contribution in [0.3, 0.4) is 0 Å². The average molecular weight is 138 g/mol. The molecule has 10 heavy (non-hydrogen) atoms. The molecule has 0 spiro atoms. The molecule has 2 aliphatic rings. The standard InChI is InChI=1S/C10H18/c1-6-5-10(3,4)9-7(2)8(6)9/h6-9H,5H2,1-4H3/t6-,7-,8-,9+/m0/s1. The summed E-state index contributed by atoms with van der Waals surface area (Å²) in [6.45, 7) is 9.73. The first-order chi connectivity index (χ1) is 4.54. The Morgan fingerprint density at radius 3 is 2.00 bits per heavy atom. The molecular weight excluding hydrogens is 120 g/mol. The smallest absolute Gasteiger partial charge is 0.0300 e. The third-order valence-electron chi connectivity index (χ3n) is 3.85. The first kappa shape index (κ1) is 6.69. The predicted molar refractivity (Wildman–Crippen MR) is 43.7 cm³/mol. The van der Waals surface area contributed by atoms with E-state index in [0.29, 0.717) is 5.41 Å². The SMILES string of the molecule is C[C@H]1[C@H]2[C@@H]1C(C)(C)C[C@@H]2C. The molecule has 2 fully saturated rings. The van der Waals surface area contributed by atoms with E-state index in [-0.39, 0.29) is 0 Å². The molecular formula is C10H18. The molecule has 0 bridgehead atoms. The summed E-state index contributed by atoms with van der Waals surface area (Å²) in [6.07, 6.45) is 1.46. The van der Waals surface area contributed by atoms with Crippen molar-refractivity contribution in [1.29, 1.82) is 0 Å². The highest BCUT2D eigenvalue weighted by Gasteiger charge is 2.62. The summed E-state index contributed by atoms with van der Waals surface area (Å²) < 4.78 is 0. The number of fused-ring (bicyclic) bond motifs is 1. The zero-order valence-electron chi connectivity index (χ0n) is 7.52. The molecule has 2 aliphatic carbocycles. The lowest BCUT2D eigenvalue weighted by Crippen LogP contribution is -2.13. The summed E-state index contributed by atoms with van der Waals surface area (Å²) in [4.78, 5) is 0. The first-order valence-electron chi connectivity index (χ1n) is 4.54. The molecule has 0 nitrogen and oxygen atoms in total. The van der Waals surface area contributed by atoms with E-state index in [1.807, 2.05) is 0 Å². The molecule has 0 aromatic carbocycles. The molecule has 0 unspecified atom stereocenters. The van der Waals surface area contributed by atoms with Crippen LogP contribution in [0.4, 0.5) is 0 Å². The van der Waals surface area contributed by atoms with Crippen LogP contribution in [0.2, 0.25) is 0 Å². The number of hydrogen-bond donors (Lipinski definition) is 0. The Bertz CT molecular complexity index is 157. The lowest BCUT2D eigenvalue weighted by atomic mass is 9.83. The summed E-state index contributed by atoms with van der Waals surface area (Å²) >= 11 is 0. The molecule has 0 aromatic rings. The van der Waals surface area contributed by atoms with E-state index in [0.717, 1.165) is 23.7 Å². The molecule has 0 radical (unpaired) electrons. The van der Waals surface area contributed by atoms with Crippen molar-refractivity contribution in [3.63, 3.8) is 0 Å². The van der Waals surface area contributed by atoms with Crippen LogP contribution in [-0.2, 0) is 0 Å². The zero-order valence-corrected chi connectivity index (χ0v) is 7.52. The minimum atomic E-state index is 0.670. The van der Waals surface area contributed by atoms with Crippen LogP contribution in [0.1, 0.15) is 34.1 Å². The van der Waals surface area contributed by atoms with E-state index < -0.39 is 0 Å². The van der Waals surface area contributed by atoms with E-state index >= 15 is 0 Å². The molecule has 0 amide bonds. The Hall–Kier alpha value is 0. The van der Waals surface area contributed by atoms with Gasteiger partial charge in [-0.05, 0) is 35.5 Å². The van der Waals surface area contributed by atoms with Gasteiger partial charge in [0, 0.05) is 0 Å². The Balaban J connectivity index is 2.19. The van der Waals surface area contributed by atoms with E-state index in [4.69, 9.17) is 0 Å². The minimum Gasteiger partial charge on any atom is -0.0622 e. The van der Waals surface area contributed by atoms with Gasteiger partial charge in [0.15, 0.2) is 0 Å². The van der Waals surface area contributed by atoms with Crippen LogP contribution >= 0.6 is 0 Å². The highest BCUT2D eigenvalue weighted by Crippen LogP contribution is 2.68. The van der Waals surface area contributed by atoms with E-state index in [1.54, 1.807) is 0 Å². The van der Waals surface area contributed by atoms with Crippen molar-refractivity contribution in [2.45, 2.75) is 34.1 Å². The van der Waals surface area contributed by atoms with Crippen LogP contribution < -0.4 is 0 Å². The third-order valence-corrected chi connectivity index (χ3v) is 3.85. The van der Waals surface area contributed by atoms with Gasteiger partial charge >= 0.3 is 0 Å². The second-order valence-electron chi connectivity index (χ2n) is 5.13. The van der Waals surface area contributed by atoms with Gasteiger partial charge in [0.1, 0.15) is 0 Å². The molecule has 2 rings (SSSR count). The largest absolute Gasteiger partial charge is 0.0622 e. The molecule has 0 heteroatoms. The van der Waals surface area contributed by atoms with Crippen molar-refractivity contribution in [3.05, 3.63) is 0 Å². The molecule has 4 atom stereocenters. The fraction of sp³-hybridized carbons (Fsp3) is 1.00. The fourth-order valence-electron chi connectivity index (χ4n) is 3.70. The maximum Gasteiger partial charge on any atom is -0.0300 e. The Morgan fingerprint density at radius 2 is 1.80 bits per heavy atom. The van der Waals surface area contributed by atoms with Crippen LogP contribution in [-0.4, -0.2) is 0 Å². The second-order valence-corrected chi connectivity index (χ2v) is 5.13. The lowest BCUT2D eigenvalue weighted by molar-refractivity contribution is 0.278. The minimum absolute atomic E-state index is 0.670. The van der Waals surface area contributed by atoms with Crippen molar-refractivity contribution in [2.75, 3.05) is 0 Å². The topological polar surface area (TPSA) is 0 Å². The summed E-state index contributed by atoms with van der Waals surface area (Å²) in [7, 11) is 0. The maximum atomic E-state index is 2.44. The number of hydrogen-bond acceptors (Lipinski definition) is 0. The predicted octanol–water partition coefficient (Wildman–Crippen LogP) is 2.93. The first-order valence-corrected chi connectivity index (χ1v) is 4.54. The van der Waals surface area contributed by atoms with Gasteiger partial charge in [-0.25, -0.2) is 0 Å². The Kier molecular flexibility index (Phi) is 1.07. The number of rotatable bonds is 0. The molecule has 2 saturated carbocycles. The summed E-state index contributed by atoms with van der Waals surface area (Å²) in [6, 6.07) is 0. The highest BCUT2D eigenvalue weighted by atomic mass is 14.7. The van der Waals surface area contributed by atoms with Gasteiger partial charge in [0.2, 0.25) is 0 Å². The summed E-state index contributed by atoms with van der Waals surface area (Å²) in [5.74, 6) is 4.21. The van der Waals surface area contributed by atoms with Gasteiger partial charge in [-0.3, -0.25) is 0 Å². The molecule has 0 aromatic heterocycles. The van der Waals surface area contributed by atoms with E-state index in [1.165, 1.54) is 6.42 Å². The lowest BCUT2D eigenvalue weighted by Gasteiger charge is -2.22. The van der Waals surface area contributed by atoms with Crippen LogP contribution in [0.5, 0.6) is 0 Å². The fourth-order valence-corrected chi connectivity index (χ4v) is 3.70. The van der Waals surface area contributed by atoms with Crippen LogP contribution in [0.15, 0.2) is 0 Å². The van der Waals surface area contributed by atoms with Gasteiger partial charge < -0.3 is 0 Å². The van der Waals surface area contributed by atoms with E-state index in [2.05, 4.69) is 27.7 Å². The average Bonchev–Trinajstić information content (AvgIpc) is 2.32. The molecule has 0 N–H and O–H groups in total. The zero-order chi connectivity index (χ0) is 7.52. The molecule has 0 heterocycles. The monoisotopic (exact) mass is 138 g/mol. The molecule has 0 aliphatic heterocycles. The quantitative estimate of drug-likeness (QED) is 0.483. The van der Waals surface area contributed by atoms with Crippen LogP contribution in [0.25, 0.3) is 0 Å². The van der Waals surface area contributed by atoms with Gasteiger partial charge in [0.25, 0.3) is 0 Å².